The van der Waals surface area contributed by atoms with E-state index in [0.29, 0.717) is 0 Å². The van der Waals surface area contributed by atoms with Gasteiger partial charge in [0.05, 0.1) is 11.4 Å². The summed E-state index contributed by atoms with van der Waals surface area (Å²) < 4.78 is 0. The maximum absolute atomic E-state index is 2.40. The molecular formula is C27H20N2. The van der Waals surface area contributed by atoms with E-state index in [4.69, 9.17) is 0 Å². The quantitative estimate of drug-likeness (QED) is 0.322. The molecule has 2 nitrogen and oxygen atoms in total. The minimum atomic E-state index is 0.802. The maximum Gasteiger partial charge on any atom is 0.100 e. The molecule has 0 fully saturated rings. The fourth-order valence-electron chi connectivity index (χ4n) is 4.35. The van der Waals surface area contributed by atoms with Crippen molar-refractivity contribution in [2.45, 2.75) is 0 Å². The molecule has 1 aliphatic heterocycles. The van der Waals surface area contributed by atoms with Gasteiger partial charge in [-0.05, 0) is 57.9 Å². The van der Waals surface area contributed by atoms with Crippen LogP contribution in [-0.2, 0) is 0 Å². The van der Waals surface area contributed by atoms with Crippen LogP contribution in [0.15, 0.2) is 109 Å². The zero-order valence-electron chi connectivity index (χ0n) is 16.0. The summed E-state index contributed by atoms with van der Waals surface area (Å²) in [6.07, 6.45) is 0. The number of hydrogen-bond acceptors (Lipinski definition) is 2. The van der Waals surface area contributed by atoms with Crippen LogP contribution in [0.3, 0.4) is 0 Å². The average molecular weight is 372 g/mol. The summed E-state index contributed by atoms with van der Waals surface area (Å²) in [6.45, 7) is 0.802. The fourth-order valence-corrected chi connectivity index (χ4v) is 4.35. The Labute approximate surface area is 170 Å². The highest BCUT2D eigenvalue weighted by Gasteiger charge is 2.27. The smallest absolute Gasteiger partial charge is 0.100 e. The number of hydrogen-bond donors (Lipinski definition) is 0. The van der Waals surface area contributed by atoms with E-state index in [1.807, 2.05) is 0 Å². The molecular weight excluding hydrogens is 352 g/mol. The summed E-state index contributed by atoms with van der Waals surface area (Å²) >= 11 is 0. The van der Waals surface area contributed by atoms with Gasteiger partial charge in [-0.2, -0.15) is 0 Å². The molecule has 5 aromatic carbocycles. The Morgan fingerprint density at radius 3 is 1.31 bits per heavy atom. The van der Waals surface area contributed by atoms with E-state index in [1.54, 1.807) is 0 Å². The van der Waals surface area contributed by atoms with E-state index >= 15 is 0 Å². The summed E-state index contributed by atoms with van der Waals surface area (Å²) in [5.74, 6) is 0. The Hall–Kier alpha value is -3.78. The van der Waals surface area contributed by atoms with Crippen molar-refractivity contribution in [3.8, 4) is 0 Å². The van der Waals surface area contributed by atoms with Crippen molar-refractivity contribution in [3.63, 3.8) is 0 Å². The van der Waals surface area contributed by atoms with Gasteiger partial charge in [-0.15, -0.1) is 0 Å². The number of rotatable bonds is 2. The molecule has 0 atom stereocenters. The van der Waals surface area contributed by atoms with E-state index < -0.39 is 0 Å². The normalized spacial score (nSPS) is 13.2. The Morgan fingerprint density at radius 1 is 0.414 bits per heavy atom. The van der Waals surface area contributed by atoms with Gasteiger partial charge in [0.25, 0.3) is 0 Å². The molecule has 138 valence electrons. The molecule has 0 saturated carbocycles. The number of benzene rings is 5. The van der Waals surface area contributed by atoms with E-state index in [0.717, 1.165) is 6.67 Å². The first-order chi connectivity index (χ1) is 14.4. The summed E-state index contributed by atoms with van der Waals surface area (Å²) in [6, 6.07) is 39.2. The Morgan fingerprint density at radius 2 is 0.828 bits per heavy atom. The van der Waals surface area contributed by atoms with Gasteiger partial charge in [0.2, 0.25) is 0 Å². The van der Waals surface area contributed by atoms with Crippen molar-refractivity contribution >= 4 is 44.3 Å². The third-order valence-electron chi connectivity index (χ3n) is 5.84. The second-order valence-corrected chi connectivity index (χ2v) is 7.55. The fraction of sp³-hybridized carbons (Fsp3) is 0.0370. The first-order valence-corrected chi connectivity index (χ1v) is 9.99. The van der Waals surface area contributed by atoms with Gasteiger partial charge in [-0.25, -0.2) is 0 Å². The topological polar surface area (TPSA) is 6.48 Å². The first kappa shape index (κ1) is 16.2. The second-order valence-electron chi connectivity index (χ2n) is 7.55. The van der Waals surface area contributed by atoms with Gasteiger partial charge in [0, 0.05) is 11.4 Å². The van der Waals surface area contributed by atoms with Gasteiger partial charge >= 0.3 is 0 Å². The molecule has 5 aromatic rings. The van der Waals surface area contributed by atoms with Crippen LogP contribution < -0.4 is 9.80 Å². The SMILES string of the molecule is c1ccc2c(c1)N(c1ccc3ccccc3c1)CN2c1ccc2ccccc2c1. The van der Waals surface area contributed by atoms with Crippen molar-refractivity contribution in [2.24, 2.45) is 0 Å². The van der Waals surface area contributed by atoms with Gasteiger partial charge in [-0.3, -0.25) is 0 Å². The van der Waals surface area contributed by atoms with Gasteiger partial charge in [-0.1, -0.05) is 72.8 Å². The van der Waals surface area contributed by atoms with Crippen LogP contribution in [0, 0.1) is 0 Å². The highest BCUT2D eigenvalue weighted by Crippen LogP contribution is 2.44. The summed E-state index contributed by atoms with van der Waals surface area (Å²) in [5, 5.41) is 5.09. The molecule has 29 heavy (non-hydrogen) atoms. The second kappa shape index (κ2) is 6.39. The van der Waals surface area contributed by atoms with Gasteiger partial charge in [0.1, 0.15) is 6.67 Å². The average Bonchev–Trinajstić information content (AvgIpc) is 3.18. The summed E-state index contributed by atoms with van der Waals surface area (Å²) in [7, 11) is 0. The third-order valence-corrected chi connectivity index (χ3v) is 5.84. The molecule has 6 rings (SSSR count). The Bertz CT molecular complexity index is 1250. The molecule has 0 aliphatic carbocycles. The van der Waals surface area contributed by atoms with Crippen LogP contribution in [-0.4, -0.2) is 6.67 Å². The lowest BCUT2D eigenvalue weighted by atomic mass is 10.1. The summed E-state index contributed by atoms with van der Waals surface area (Å²) in [5.41, 5.74) is 4.94. The van der Waals surface area contributed by atoms with Crippen molar-refractivity contribution in [1.29, 1.82) is 0 Å². The predicted octanol–water partition coefficient (Wildman–Crippen LogP) is 7.24. The Kier molecular flexibility index (Phi) is 3.57. The Balaban J connectivity index is 1.46. The molecule has 2 heteroatoms. The van der Waals surface area contributed by atoms with Crippen molar-refractivity contribution in [3.05, 3.63) is 109 Å². The predicted molar refractivity (Wildman–Crippen MR) is 123 cm³/mol. The van der Waals surface area contributed by atoms with Crippen LogP contribution >= 0.6 is 0 Å². The van der Waals surface area contributed by atoms with Crippen LogP contribution in [0.1, 0.15) is 0 Å². The third kappa shape index (κ3) is 2.65. The van der Waals surface area contributed by atoms with Crippen LogP contribution in [0.2, 0.25) is 0 Å². The number of fused-ring (bicyclic) bond motifs is 3. The minimum absolute atomic E-state index is 0.802. The molecule has 0 aromatic heterocycles. The van der Waals surface area contributed by atoms with E-state index in [-0.39, 0.29) is 0 Å². The molecule has 0 saturated heterocycles. The standard InChI is InChI=1S/C27H20N2/c1-3-9-22-17-24(15-13-20(22)7-1)28-19-29(27-12-6-5-11-26(27)28)25-16-14-21-8-2-4-10-23(21)18-25/h1-18H,19H2. The van der Waals surface area contributed by atoms with Gasteiger partial charge in [0.15, 0.2) is 0 Å². The highest BCUT2D eigenvalue weighted by atomic mass is 15.4. The van der Waals surface area contributed by atoms with E-state index in [2.05, 4.69) is 119 Å². The van der Waals surface area contributed by atoms with Crippen molar-refractivity contribution < 1.29 is 0 Å². The zero-order chi connectivity index (χ0) is 19.2. The number of para-hydroxylation sites is 2. The zero-order valence-corrected chi connectivity index (χ0v) is 16.0. The molecule has 0 amide bonds. The lowest BCUT2D eigenvalue weighted by Gasteiger charge is -2.22. The van der Waals surface area contributed by atoms with Crippen molar-refractivity contribution in [2.75, 3.05) is 16.5 Å². The van der Waals surface area contributed by atoms with Crippen LogP contribution in [0.4, 0.5) is 22.7 Å². The van der Waals surface area contributed by atoms with Crippen LogP contribution in [0.5, 0.6) is 0 Å². The molecule has 1 aliphatic rings. The molecule has 0 spiro atoms. The molecule has 1 heterocycles. The first-order valence-electron chi connectivity index (χ1n) is 9.99. The van der Waals surface area contributed by atoms with E-state index in [1.165, 1.54) is 44.3 Å². The molecule has 0 radical (unpaired) electrons. The summed E-state index contributed by atoms with van der Waals surface area (Å²) in [4.78, 5) is 4.80. The van der Waals surface area contributed by atoms with E-state index in [9.17, 15) is 0 Å². The minimum Gasteiger partial charge on any atom is -0.321 e. The highest BCUT2D eigenvalue weighted by molar-refractivity contribution is 5.93. The molecule has 0 unspecified atom stereocenters. The number of nitrogens with zero attached hydrogens (tertiary/aromatic N) is 2. The largest absolute Gasteiger partial charge is 0.321 e. The maximum atomic E-state index is 2.40. The van der Waals surface area contributed by atoms with Gasteiger partial charge < -0.3 is 9.80 Å². The number of anilines is 4. The molecule has 0 N–H and O–H groups in total. The lowest BCUT2D eigenvalue weighted by Crippen LogP contribution is -2.23. The van der Waals surface area contributed by atoms with Crippen LogP contribution in [0.25, 0.3) is 21.5 Å². The lowest BCUT2D eigenvalue weighted by molar-refractivity contribution is 0.993. The molecule has 0 bridgehead atoms. The monoisotopic (exact) mass is 372 g/mol. The van der Waals surface area contributed by atoms with Crippen molar-refractivity contribution in [1.82, 2.24) is 0 Å².